The van der Waals surface area contributed by atoms with Crippen LogP contribution in [0.15, 0.2) is 24.3 Å². The number of nitrogen functional groups attached to an aromatic ring is 1. The Morgan fingerprint density at radius 2 is 2.44 bits per heavy atom. The van der Waals surface area contributed by atoms with Gasteiger partial charge in [0.15, 0.2) is 0 Å². The van der Waals surface area contributed by atoms with E-state index in [0.717, 1.165) is 25.2 Å². The largest absolute Gasteiger partial charge is 0.399 e. The minimum atomic E-state index is -0.0163. The number of carbonyl (C=O) groups excluding carboxylic acids is 1. The first-order valence-corrected chi connectivity index (χ1v) is 6.08. The Kier molecular flexibility index (Phi) is 4.17. The molecule has 1 aliphatic heterocycles. The van der Waals surface area contributed by atoms with Crippen molar-refractivity contribution >= 4 is 17.3 Å². The van der Waals surface area contributed by atoms with Crippen molar-refractivity contribution in [2.45, 2.75) is 12.5 Å². The fourth-order valence-corrected chi connectivity index (χ4v) is 2.15. The second-order valence-corrected chi connectivity index (χ2v) is 4.56. The van der Waals surface area contributed by atoms with Crippen molar-refractivity contribution in [3.8, 4) is 0 Å². The molecule has 1 atom stereocenters. The summed E-state index contributed by atoms with van der Waals surface area (Å²) >= 11 is 0. The maximum Gasteiger partial charge on any atom is 0.238 e. The van der Waals surface area contributed by atoms with Crippen molar-refractivity contribution in [1.29, 1.82) is 0 Å². The van der Waals surface area contributed by atoms with Crippen LogP contribution in [-0.4, -0.2) is 43.7 Å². The Labute approximate surface area is 107 Å². The number of anilines is 2. The Balaban J connectivity index is 1.82. The molecule has 0 aromatic heterocycles. The van der Waals surface area contributed by atoms with E-state index in [1.807, 2.05) is 12.1 Å². The smallest absolute Gasteiger partial charge is 0.238 e. The molecule has 1 aromatic carbocycles. The Morgan fingerprint density at radius 1 is 1.61 bits per heavy atom. The molecule has 98 valence electrons. The van der Waals surface area contributed by atoms with Gasteiger partial charge in [0.05, 0.1) is 12.6 Å². The number of rotatable bonds is 4. The van der Waals surface area contributed by atoms with Gasteiger partial charge in [-0.05, 0) is 24.6 Å². The molecule has 1 aliphatic rings. The number of carbonyl (C=O) groups is 1. The molecular weight excluding hydrogens is 230 g/mol. The molecule has 1 amide bonds. The molecule has 1 fully saturated rings. The highest BCUT2D eigenvalue weighted by atomic mass is 16.5. The number of amides is 1. The standard InChI is InChI=1S/C13H19N3O2/c1-18-12-5-6-16(8-12)9-13(17)15-11-4-2-3-10(14)7-11/h2-4,7,12H,5-6,8-9,14H2,1H3,(H,15,17). The zero-order chi connectivity index (χ0) is 13.0. The van der Waals surface area contributed by atoms with Gasteiger partial charge >= 0.3 is 0 Å². The number of methoxy groups -OCH3 is 1. The average molecular weight is 249 g/mol. The summed E-state index contributed by atoms with van der Waals surface area (Å²) in [6.07, 6.45) is 1.24. The summed E-state index contributed by atoms with van der Waals surface area (Å²) in [5.74, 6) is -0.0163. The van der Waals surface area contributed by atoms with Crippen molar-refractivity contribution in [1.82, 2.24) is 4.90 Å². The number of likely N-dealkylation sites (tertiary alicyclic amines) is 1. The van der Waals surface area contributed by atoms with Gasteiger partial charge in [-0.1, -0.05) is 6.07 Å². The molecule has 1 unspecified atom stereocenters. The van der Waals surface area contributed by atoms with E-state index in [1.54, 1.807) is 19.2 Å². The van der Waals surface area contributed by atoms with Gasteiger partial charge in [0.2, 0.25) is 5.91 Å². The van der Waals surface area contributed by atoms with Gasteiger partial charge in [-0.15, -0.1) is 0 Å². The Bertz CT molecular complexity index is 422. The third-order valence-corrected chi connectivity index (χ3v) is 3.10. The maximum atomic E-state index is 11.8. The van der Waals surface area contributed by atoms with Gasteiger partial charge in [0, 0.05) is 31.6 Å². The minimum absolute atomic E-state index is 0.0163. The van der Waals surface area contributed by atoms with Gasteiger partial charge in [-0.3, -0.25) is 9.69 Å². The topological polar surface area (TPSA) is 67.6 Å². The maximum absolute atomic E-state index is 11.8. The first kappa shape index (κ1) is 12.9. The quantitative estimate of drug-likeness (QED) is 0.779. The van der Waals surface area contributed by atoms with Crippen LogP contribution in [0, 0.1) is 0 Å². The van der Waals surface area contributed by atoms with Crippen molar-refractivity contribution in [2.24, 2.45) is 0 Å². The predicted molar refractivity (Wildman–Crippen MR) is 71.3 cm³/mol. The number of benzene rings is 1. The van der Waals surface area contributed by atoms with E-state index >= 15 is 0 Å². The fraction of sp³-hybridized carbons (Fsp3) is 0.462. The first-order valence-electron chi connectivity index (χ1n) is 6.08. The monoisotopic (exact) mass is 249 g/mol. The lowest BCUT2D eigenvalue weighted by Crippen LogP contribution is -2.32. The van der Waals surface area contributed by atoms with Crippen LogP contribution in [0.25, 0.3) is 0 Å². The van der Waals surface area contributed by atoms with E-state index in [0.29, 0.717) is 12.2 Å². The van der Waals surface area contributed by atoms with Crippen molar-refractivity contribution < 1.29 is 9.53 Å². The molecule has 5 heteroatoms. The van der Waals surface area contributed by atoms with Crippen molar-refractivity contribution in [3.05, 3.63) is 24.3 Å². The van der Waals surface area contributed by atoms with Gasteiger partial charge in [-0.25, -0.2) is 0 Å². The average Bonchev–Trinajstić information content (AvgIpc) is 2.76. The number of hydrogen-bond donors (Lipinski definition) is 2. The van der Waals surface area contributed by atoms with E-state index < -0.39 is 0 Å². The van der Waals surface area contributed by atoms with Crippen molar-refractivity contribution in [3.63, 3.8) is 0 Å². The lowest BCUT2D eigenvalue weighted by atomic mass is 10.3. The second-order valence-electron chi connectivity index (χ2n) is 4.56. The van der Waals surface area contributed by atoms with Crippen LogP contribution in [0.2, 0.25) is 0 Å². The van der Waals surface area contributed by atoms with Crippen LogP contribution >= 0.6 is 0 Å². The van der Waals surface area contributed by atoms with E-state index in [2.05, 4.69) is 10.2 Å². The van der Waals surface area contributed by atoms with Gasteiger partial charge in [-0.2, -0.15) is 0 Å². The predicted octanol–water partition coefficient (Wildman–Crippen LogP) is 0.928. The van der Waals surface area contributed by atoms with Crippen LogP contribution in [0.4, 0.5) is 11.4 Å². The second kappa shape index (κ2) is 5.84. The molecule has 5 nitrogen and oxygen atoms in total. The summed E-state index contributed by atoms with van der Waals surface area (Å²) in [7, 11) is 1.71. The minimum Gasteiger partial charge on any atom is -0.399 e. The van der Waals surface area contributed by atoms with Gasteiger partial charge < -0.3 is 15.8 Å². The molecule has 0 radical (unpaired) electrons. The number of nitrogens with two attached hydrogens (primary N) is 1. The van der Waals surface area contributed by atoms with Crippen LogP contribution < -0.4 is 11.1 Å². The molecule has 1 aromatic rings. The van der Waals surface area contributed by atoms with Gasteiger partial charge in [0.25, 0.3) is 0 Å². The fourth-order valence-electron chi connectivity index (χ4n) is 2.15. The highest BCUT2D eigenvalue weighted by Gasteiger charge is 2.23. The molecule has 0 aliphatic carbocycles. The SMILES string of the molecule is COC1CCN(CC(=O)Nc2cccc(N)c2)C1. The number of nitrogens with one attached hydrogen (secondary N) is 1. The third kappa shape index (κ3) is 3.45. The van der Waals surface area contributed by atoms with E-state index in [9.17, 15) is 4.79 Å². The zero-order valence-corrected chi connectivity index (χ0v) is 10.6. The molecule has 0 spiro atoms. The van der Waals surface area contributed by atoms with Crippen LogP contribution in [-0.2, 0) is 9.53 Å². The summed E-state index contributed by atoms with van der Waals surface area (Å²) in [4.78, 5) is 13.9. The summed E-state index contributed by atoms with van der Waals surface area (Å²) in [5.41, 5.74) is 7.04. The van der Waals surface area contributed by atoms with Crippen LogP contribution in [0.1, 0.15) is 6.42 Å². The summed E-state index contributed by atoms with van der Waals surface area (Å²) in [5, 5.41) is 2.84. The molecule has 1 heterocycles. The number of hydrogen-bond acceptors (Lipinski definition) is 4. The van der Waals surface area contributed by atoms with E-state index in [4.69, 9.17) is 10.5 Å². The Hall–Kier alpha value is -1.59. The van der Waals surface area contributed by atoms with Gasteiger partial charge in [0.1, 0.15) is 0 Å². The van der Waals surface area contributed by atoms with Crippen molar-refractivity contribution in [2.75, 3.05) is 37.8 Å². The third-order valence-electron chi connectivity index (χ3n) is 3.10. The van der Waals surface area contributed by atoms with Crippen LogP contribution in [0.5, 0.6) is 0 Å². The molecule has 3 N–H and O–H groups in total. The highest BCUT2D eigenvalue weighted by molar-refractivity contribution is 5.92. The molecule has 2 rings (SSSR count). The highest BCUT2D eigenvalue weighted by Crippen LogP contribution is 2.13. The molecular formula is C13H19N3O2. The Morgan fingerprint density at radius 3 is 3.11 bits per heavy atom. The normalized spacial score (nSPS) is 19.9. The van der Waals surface area contributed by atoms with Crippen LogP contribution in [0.3, 0.4) is 0 Å². The molecule has 0 bridgehead atoms. The summed E-state index contributed by atoms with van der Waals surface area (Å²) in [6, 6.07) is 7.19. The molecule has 0 saturated carbocycles. The van der Waals surface area contributed by atoms with E-state index in [1.165, 1.54) is 0 Å². The number of nitrogens with zero attached hydrogens (tertiary/aromatic N) is 1. The number of ether oxygens (including phenoxy) is 1. The lowest BCUT2D eigenvalue weighted by Gasteiger charge is -2.15. The molecule has 18 heavy (non-hydrogen) atoms. The molecule has 1 saturated heterocycles. The lowest BCUT2D eigenvalue weighted by molar-refractivity contribution is -0.117. The first-order chi connectivity index (χ1) is 8.67. The summed E-state index contributed by atoms with van der Waals surface area (Å²) in [6.45, 7) is 2.12. The zero-order valence-electron chi connectivity index (χ0n) is 10.6. The van der Waals surface area contributed by atoms with E-state index in [-0.39, 0.29) is 12.0 Å². The summed E-state index contributed by atoms with van der Waals surface area (Å²) < 4.78 is 5.27.